The third-order valence-electron chi connectivity index (χ3n) is 3.24. The van der Waals surface area contributed by atoms with Gasteiger partial charge in [-0.1, -0.05) is 17.4 Å². The molecule has 0 spiro atoms. The molecule has 1 amide bonds. The lowest BCUT2D eigenvalue weighted by molar-refractivity contribution is 0.102. The molecule has 130 valence electrons. The molecule has 2 N–H and O–H groups in total. The van der Waals surface area contributed by atoms with Gasteiger partial charge in [-0.2, -0.15) is 0 Å². The fourth-order valence-electron chi connectivity index (χ4n) is 2.19. The van der Waals surface area contributed by atoms with Crippen LogP contribution in [0, 0.1) is 0 Å². The normalized spacial score (nSPS) is 11.3. The number of nitrogens with one attached hydrogen (secondary N) is 2. The summed E-state index contributed by atoms with van der Waals surface area (Å²) in [4.78, 5) is 16.7. The first kappa shape index (κ1) is 17.2. The van der Waals surface area contributed by atoms with Crippen LogP contribution in [0.2, 0.25) is 0 Å². The van der Waals surface area contributed by atoms with Crippen LogP contribution < -0.4 is 14.8 Å². The van der Waals surface area contributed by atoms with E-state index in [2.05, 4.69) is 15.0 Å². The van der Waals surface area contributed by atoms with Gasteiger partial charge in [0.25, 0.3) is 5.91 Å². The molecule has 0 aliphatic rings. The van der Waals surface area contributed by atoms with Gasteiger partial charge in [-0.25, -0.2) is 13.4 Å². The molecular weight excluding hydrogens is 362 g/mol. The Morgan fingerprint density at radius 1 is 1.20 bits per heavy atom. The Labute approximate surface area is 148 Å². The lowest BCUT2D eigenvalue weighted by Gasteiger charge is -2.06. The minimum absolute atomic E-state index is 0.323. The van der Waals surface area contributed by atoms with E-state index in [9.17, 15) is 13.2 Å². The standard InChI is InChI=1S/C16H15N3O4S2/c1-23-12-6-7-13-14(9-12)24-16(17-13)18-15(20)10-4-3-5-11(8-10)19-25(2,21)22/h3-9,19H,1-2H3,(H,17,18,20). The number of sulfonamides is 1. The number of anilines is 2. The molecule has 7 nitrogen and oxygen atoms in total. The number of hydrogen-bond donors (Lipinski definition) is 2. The van der Waals surface area contributed by atoms with Crippen LogP contribution >= 0.6 is 11.3 Å². The molecule has 0 saturated carbocycles. The van der Waals surface area contributed by atoms with Gasteiger partial charge < -0.3 is 4.74 Å². The lowest BCUT2D eigenvalue weighted by atomic mass is 10.2. The molecule has 1 aromatic heterocycles. The molecule has 2 aromatic carbocycles. The van der Waals surface area contributed by atoms with Crippen LogP contribution in [0.25, 0.3) is 10.2 Å². The molecule has 1 heterocycles. The molecule has 0 aliphatic heterocycles. The summed E-state index contributed by atoms with van der Waals surface area (Å²) in [5.74, 6) is 0.344. The van der Waals surface area contributed by atoms with E-state index in [1.807, 2.05) is 12.1 Å². The van der Waals surface area contributed by atoms with Crippen LogP contribution in [0.15, 0.2) is 42.5 Å². The van der Waals surface area contributed by atoms with Crippen molar-refractivity contribution in [2.75, 3.05) is 23.4 Å². The fourth-order valence-corrected chi connectivity index (χ4v) is 3.64. The smallest absolute Gasteiger partial charge is 0.257 e. The van der Waals surface area contributed by atoms with Crippen molar-refractivity contribution < 1.29 is 17.9 Å². The molecule has 3 rings (SSSR count). The summed E-state index contributed by atoms with van der Waals surface area (Å²) in [5.41, 5.74) is 1.41. The summed E-state index contributed by atoms with van der Waals surface area (Å²) in [6.07, 6.45) is 1.05. The number of carbonyl (C=O) groups is 1. The highest BCUT2D eigenvalue weighted by atomic mass is 32.2. The first-order valence-electron chi connectivity index (χ1n) is 7.18. The minimum Gasteiger partial charge on any atom is -0.497 e. The molecule has 0 fully saturated rings. The second-order valence-electron chi connectivity index (χ2n) is 5.26. The Morgan fingerprint density at radius 3 is 2.72 bits per heavy atom. The number of hydrogen-bond acceptors (Lipinski definition) is 6. The monoisotopic (exact) mass is 377 g/mol. The first-order valence-corrected chi connectivity index (χ1v) is 9.88. The topological polar surface area (TPSA) is 97.4 Å². The highest BCUT2D eigenvalue weighted by Gasteiger charge is 2.12. The Kier molecular flexibility index (Phi) is 4.60. The summed E-state index contributed by atoms with van der Waals surface area (Å²) in [7, 11) is -1.82. The van der Waals surface area contributed by atoms with Gasteiger partial charge >= 0.3 is 0 Å². The molecule has 0 aliphatic carbocycles. The average molecular weight is 377 g/mol. The number of benzene rings is 2. The maximum atomic E-state index is 12.4. The number of fused-ring (bicyclic) bond motifs is 1. The van der Waals surface area contributed by atoms with Crippen LogP contribution in [-0.2, 0) is 10.0 Å². The second-order valence-corrected chi connectivity index (χ2v) is 8.04. The number of ether oxygens (including phenoxy) is 1. The van der Waals surface area contributed by atoms with Gasteiger partial charge in [0, 0.05) is 11.3 Å². The highest BCUT2D eigenvalue weighted by Crippen LogP contribution is 2.29. The zero-order chi connectivity index (χ0) is 18.0. The number of methoxy groups -OCH3 is 1. The maximum Gasteiger partial charge on any atom is 0.257 e. The first-order chi connectivity index (χ1) is 11.8. The third-order valence-corrected chi connectivity index (χ3v) is 4.78. The van der Waals surface area contributed by atoms with Gasteiger partial charge in [-0.15, -0.1) is 0 Å². The summed E-state index contributed by atoms with van der Waals surface area (Å²) in [6.45, 7) is 0. The fraction of sp³-hybridized carbons (Fsp3) is 0.125. The number of aromatic nitrogens is 1. The summed E-state index contributed by atoms with van der Waals surface area (Å²) < 4.78 is 31.0. The molecule has 9 heteroatoms. The average Bonchev–Trinajstić information content (AvgIpc) is 2.94. The van der Waals surface area contributed by atoms with Crippen LogP contribution in [0.4, 0.5) is 10.8 Å². The van der Waals surface area contributed by atoms with E-state index in [1.54, 1.807) is 31.4 Å². The van der Waals surface area contributed by atoms with Gasteiger partial charge in [0.15, 0.2) is 5.13 Å². The van der Waals surface area contributed by atoms with Crippen LogP contribution in [0.1, 0.15) is 10.4 Å². The van der Waals surface area contributed by atoms with E-state index in [0.29, 0.717) is 22.1 Å². The molecule has 3 aromatic rings. The summed E-state index contributed by atoms with van der Waals surface area (Å²) in [6, 6.07) is 11.7. The lowest BCUT2D eigenvalue weighted by Crippen LogP contribution is -2.13. The van der Waals surface area contributed by atoms with Gasteiger partial charge in [-0.3, -0.25) is 14.8 Å². The van der Waals surface area contributed by atoms with Gasteiger partial charge in [-0.05, 0) is 36.4 Å². The Morgan fingerprint density at radius 2 is 2.00 bits per heavy atom. The second kappa shape index (κ2) is 6.69. The van der Waals surface area contributed by atoms with E-state index in [1.165, 1.54) is 17.4 Å². The van der Waals surface area contributed by atoms with Gasteiger partial charge in [0.1, 0.15) is 5.75 Å². The van der Waals surface area contributed by atoms with Crippen LogP contribution in [0.5, 0.6) is 5.75 Å². The number of thiazole rings is 1. The van der Waals surface area contributed by atoms with E-state index in [-0.39, 0.29) is 5.91 Å². The molecule has 0 saturated heterocycles. The molecule has 0 unspecified atom stereocenters. The zero-order valence-electron chi connectivity index (χ0n) is 13.4. The summed E-state index contributed by atoms with van der Waals surface area (Å²) >= 11 is 1.33. The SMILES string of the molecule is COc1ccc2nc(NC(=O)c3cccc(NS(C)(=O)=O)c3)sc2c1. The van der Waals surface area contributed by atoms with E-state index < -0.39 is 10.0 Å². The van der Waals surface area contributed by atoms with Crippen molar-refractivity contribution in [1.29, 1.82) is 0 Å². The zero-order valence-corrected chi connectivity index (χ0v) is 15.1. The van der Waals surface area contributed by atoms with E-state index in [4.69, 9.17) is 4.74 Å². The molecular formula is C16H15N3O4S2. The predicted molar refractivity (Wildman–Crippen MR) is 99.0 cm³/mol. The van der Waals surface area contributed by atoms with Crippen LogP contribution in [0.3, 0.4) is 0 Å². The van der Waals surface area contributed by atoms with Crippen molar-refractivity contribution in [3.05, 3.63) is 48.0 Å². The Bertz CT molecular complexity index is 1040. The molecule has 0 bridgehead atoms. The molecule has 0 atom stereocenters. The Balaban J connectivity index is 1.81. The van der Waals surface area contributed by atoms with Crippen molar-refractivity contribution in [2.45, 2.75) is 0 Å². The van der Waals surface area contributed by atoms with E-state index >= 15 is 0 Å². The quantitative estimate of drug-likeness (QED) is 0.712. The van der Waals surface area contributed by atoms with Crippen molar-refractivity contribution in [3.63, 3.8) is 0 Å². The number of rotatable bonds is 5. The number of carbonyl (C=O) groups excluding carboxylic acids is 1. The molecule has 25 heavy (non-hydrogen) atoms. The largest absolute Gasteiger partial charge is 0.497 e. The number of amides is 1. The predicted octanol–water partition coefficient (Wildman–Crippen LogP) is 2.93. The highest BCUT2D eigenvalue weighted by molar-refractivity contribution is 7.92. The molecule has 0 radical (unpaired) electrons. The Hall–Kier alpha value is -2.65. The minimum atomic E-state index is -3.41. The van der Waals surface area contributed by atoms with Gasteiger partial charge in [0.2, 0.25) is 10.0 Å². The maximum absolute atomic E-state index is 12.4. The van der Waals surface area contributed by atoms with Crippen molar-refractivity contribution >= 4 is 48.3 Å². The van der Waals surface area contributed by atoms with Crippen molar-refractivity contribution in [3.8, 4) is 5.75 Å². The third kappa shape index (κ3) is 4.25. The van der Waals surface area contributed by atoms with Crippen molar-refractivity contribution in [1.82, 2.24) is 4.98 Å². The van der Waals surface area contributed by atoms with Gasteiger partial charge in [0.05, 0.1) is 23.6 Å². The van der Waals surface area contributed by atoms with Crippen molar-refractivity contribution in [2.24, 2.45) is 0 Å². The number of nitrogens with zero attached hydrogens (tertiary/aromatic N) is 1. The summed E-state index contributed by atoms with van der Waals surface area (Å²) in [5, 5.41) is 3.18. The van der Waals surface area contributed by atoms with Crippen LogP contribution in [-0.4, -0.2) is 32.7 Å². The van der Waals surface area contributed by atoms with E-state index in [0.717, 1.165) is 16.5 Å².